The highest BCUT2D eigenvalue weighted by atomic mass is 19.1. The first kappa shape index (κ1) is 66.5. The number of benzene rings is 4. The Kier molecular flexibility index (Phi) is 20.1. The molecule has 5 N–H and O–H groups in total. The van der Waals surface area contributed by atoms with Gasteiger partial charge in [0.15, 0.2) is 0 Å². The first-order valence-electron chi connectivity index (χ1n) is 31.4. The van der Waals surface area contributed by atoms with Gasteiger partial charge in [-0.3, -0.25) is 43.5 Å². The molecule has 8 atom stereocenters. The van der Waals surface area contributed by atoms with Crippen molar-refractivity contribution in [3.8, 4) is 0 Å². The number of piperazine rings is 1. The molecular weight excluding hydrogens is 1150 g/mol. The van der Waals surface area contributed by atoms with Gasteiger partial charge in [-0.15, -0.1) is 0 Å². The molecule has 2 unspecified atom stereocenters. The van der Waals surface area contributed by atoms with Crippen molar-refractivity contribution in [2.24, 2.45) is 5.41 Å². The average molecular weight is 1240 g/mol. The number of nitrogens with one attached hydrogen (secondary N) is 4. The van der Waals surface area contributed by atoms with E-state index in [0.717, 1.165) is 40.7 Å². The molecule has 0 aromatic heterocycles. The Bertz CT molecular complexity index is 3370. The lowest BCUT2D eigenvalue weighted by Gasteiger charge is -2.47. The smallest absolute Gasteiger partial charge is 0.410 e. The highest BCUT2D eigenvalue weighted by molar-refractivity contribution is 6.04. The van der Waals surface area contributed by atoms with E-state index in [0.29, 0.717) is 68.2 Å². The number of carboxylic acid groups (broad SMARTS) is 1. The third-order valence-corrected chi connectivity index (χ3v) is 18.4. The number of ether oxygens (including phenoxy) is 2. The average Bonchev–Trinajstić information content (AvgIpc) is 1.57. The summed E-state index contributed by atoms with van der Waals surface area (Å²) in [6.07, 6.45) is 1.27. The summed E-state index contributed by atoms with van der Waals surface area (Å²) in [6.45, 7) is 19.9. The minimum atomic E-state index is -1.33. The van der Waals surface area contributed by atoms with Gasteiger partial charge in [-0.05, 0) is 149 Å². The molecule has 22 heteroatoms. The monoisotopic (exact) mass is 1240 g/mol. The van der Waals surface area contributed by atoms with Gasteiger partial charge in [-0.25, -0.2) is 14.0 Å². The van der Waals surface area contributed by atoms with Crippen molar-refractivity contribution in [1.29, 1.82) is 0 Å². The second kappa shape index (κ2) is 27.3. The van der Waals surface area contributed by atoms with E-state index in [-0.39, 0.29) is 68.4 Å². The number of anilines is 2. The first-order chi connectivity index (χ1) is 42.5. The van der Waals surface area contributed by atoms with Crippen LogP contribution in [0.5, 0.6) is 0 Å². The summed E-state index contributed by atoms with van der Waals surface area (Å²) < 4.78 is 25.2. The molecule has 5 aliphatic rings. The molecule has 4 aromatic carbocycles. The van der Waals surface area contributed by atoms with Gasteiger partial charge in [0.25, 0.3) is 0 Å². The minimum absolute atomic E-state index is 0.0544. The lowest BCUT2D eigenvalue weighted by Crippen LogP contribution is -2.64. The Morgan fingerprint density at radius 1 is 0.856 bits per heavy atom. The van der Waals surface area contributed by atoms with Crippen molar-refractivity contribution in [1.82, 2.24) is 40.4 Å². The van der Waals surface area contributed by atoms with Crippen LogP contribution in [0.4, 0.5) is 25.4 Å². The number of amides is 8. The number of carbonyl (C=O) groups excluding carboxylic acids is 7. The van der Waals surface area contributed by atoms with E-state index >= 15 is 4.79 Å². The van der Waals surface area contributed by atoms with E-state index in [1.807, 2.05) is 75.1 Å². The van der Waals surface area contributed by atoms with Gasteiger partial charge in [-0.1, -0.05) is 75.4 Å². The maximum absolute atomic E-state index is 15.3. The number of likely N-dealkylation sites (N-methyl/N-ethyl adjacent to an activating group) is 1. The molecule has 4 heterocycles. The van der Waals surface area contributed by atoms with E-state index in [9.17, 15) is 43.1 Å². The first-order valence-corrected chi connectivity index (χ1v) is 31.4. The van der Waals surface area contributed by atoms with Crippen molar-refractivity contribution in [2.45, 2.75) is 161 Å². The van der Waals surface area contributed by atoms with Crippen molar-refractivity contribution < 1.29 is 57.3 Å². The number of hydrogen-bond donors (Lipinski definition) is 5. The molecule has 4 aliphatic heterocycles. The zero-order valence-corrected chi connectivity index (χ0v) is 53.8. The number of morpholine rings is 1. The van der Waals surface area contributed by atoms with Crippen molar-refractivity contribution in [2.75, 3.05) is 76.3 Å². The van der Waals surface area contributed by atoms with Crippen molar-refractivity contribution in [3.05, 3.63) is 130 Å². The number of hydrogen-bond acceptors (Lipinski definition) is 12. The van der Waals surface area contributed by atoms with E-state index < -0.39 is 83.0 Å². The second-order valence-corrected chi connectivity index (χ2v) is 27.4. The van der Waals surface area contributed by atoms with E-state index in [1.54, 1.807) is 63.8 Å². The van der Waals surface area contributed by atoms with E-state index in [2.05, 4.69) is 39.2 Å². The molecule has 21 nitrogen and oxygen atoms in total. The molecule has 2 saturated heterocycles. The van der Waals surface area contributed by atoms with Gasteiger partial charge in [-0.2, -0.15) is 0 Å². The van der Waals surface area contributed by atoms with Crippen molar-refractivity contribution in [3.63, 3.8) is 0 Å². The summed E-state index contributed by atoms with van der Waals surface area (Å²) in [7, 11) is 1.45. The number of nitrogens with zero attached hydrogens (tertiary/aromatic N) is 6. The van der Waals surface area contributed by atoms with Gasteiger partial charge >= 0.3 is 12.2 Å². The normalized spacial score (nSPS) is 22.6. The van der Waals surface area contributed by atoms with Crippen LogP contribution in [0.15, 0.2) is 84.9 Å². The van der Waals surface area contributed by atoms with Crippen LogP contribution in [-0.2, 0) is 69.5 Å². The van der Waals surface area contributed by atoms with Crippen LogP contribution in [0.25, 0.3) is 0 Å². The van der Waals surface area contributed by atoms with Crippen LogP contribution >= 0.6 is 0 Å². The van der Waals surface area contributed by atoms with Gasteiger partial charge in [0.2, 0.25) is 35.4 Å². The second-order valence-electron chi connectivity index (χ2n) is 27.4. The standard InChI is InChI=1S/C68H89FN10O11/c1-41-34-76(51(37-77(41)64(86)87)36-75-27-28-89-39-42(75)2)38-58(81)79-40-68(10,53-26-21-45(30-55(53)79)29-44-19-23-49(69)24-20-44)63(85)70-33-57(80)71-50-25-22-47-32-56(61(83)72-54-18-14-16-46-15-12-13-17-52(46)54)78(35-48(47)31-50)62(84)59(66(4,5)6)73-60(82)43(3)74(11)65(88)90-67(7,8)9/h12-13,15,17,19-26,30-31,41-43,51,54,56,59H,14,16,18,27-29,32-40H2,1-11H3,(H,70,85)(H,71,80)(H,72,83)(H,73,82)(H,86,87)/t41-,42-,43?,51+,54-,56+,59?,68+/m1/s1. The highest BCUT2D eigenvalue weighted by Gasteiger charge is 2.49. The Balaban J connectivity index is 0.929. The van der Waals surface area contributed by atoms with Gasteiger partial charge in [0.1, 0.15) is 29.5 Å². The summed E-state index contributed by atoms with van der Waals surface area (Å²) in [5, 5.41) is 22.1. The Hall–Kier alpha value is -7.95. The minimum Gasteiger partial charge on any atom is -0.465 e. The van der Waals surface area contributed by atoms with Crippen LogP contribution in [0, 0.1) is 11.2 Å². The molecule has 0 saturated carbocycles. The molecule has 1 aliphatic carbocycles. The van der Waals surface area contributed by atoms with Crippen LogP contribution in [0.3, 0.4) is 0 Å². The summed E-state index contributed by atoms with van der Waals surface area (Å²) in [6, 6.07) is 20.9. The molecule has 0 spiro atoms. The van der Waals surface area contributed by atoms with Crippen molar-refractivity contribution >= 4 is 59.0 Å². The molecular formula is C68H89FN10O11. The van der Waals surface area contributed by atoms with Crippen LogP contribution < -0.4 is 26.2 Å². The number of rotatable bonds is 16. The molecule has 8 amide bonds. The summed E-state index contributed by atoms with van der Waals surface area (Å²) in [4.78, 5) is 123. The van der Waals surface area contributed by atoms with Crippen LogP contribution in [-0.4, -0.2) is 185 Å². The molecule has 90 heavy (non-hydrogen) atoms. The maximum Gasteiger partial charge on any atom is 0.410 e. The highest BCUT2D eigenvalue weighted by Crippen LogP contribution is 2.43. The quantitative estimate of drug-likeness (QED) is 0.0778. The molecule has 9 rings (SSSR count). The zero-order valence-electron chi connectivity index (χ0n) is 53.8. The largest absolute Gasteiger partial charge is 0.465 e. The number of fused-ring (bicyclic) bond motifs is 3. The van der Waals surface area contributed by atoms with E-state index in [1.165, 1.54) is 33.9 Å². The predicted octanol–water partition coefficient (Wildman–Crippen LogP) is 6.78. The summed E-state index contributed by atoms with van der Waals surface area (Å²) in [5.74, 6) is -3.19. The lowest BCUT2D eigenvalue weighted by molar-refractivity contribution is -0.147. The van der Waals surface area contributed by atoms with Crippen LogP contribution in [0.2, 0.25) is 0 Å². The Morgan fingerprint density at radius 3 is 2.28 bits per heavy atom. The Labute approximate surface area is 527 Å². The third kappa shape index (κ3) is 15.3. The summed E-state index contributed by atoms with van der Waals surface area (Å²) >= 11 is 0. The zero-order chi connectivity index (χ0) is 65.1. The fraction of sp³-hybridized carbons (Fsp3) is 0.529. The molecule has 0 radical (unpaired) electrons. The molecule has 2 fully saturated rings. The lowest BCUT2D eigenvalue weighted by atomic mass is 9.83. The number of carbonyl (C=O) groups is 8. The van der Waals surface area contributed by atoms with Gasteiger partial charge in [0, 0.05) is 82.2 Å². The fourth-order valence-corrected chi connectivity index (χ4v) is 13.0. The number of halogens is 1. The maximum atomic E-state index is 15.3. The van der Waals surface area contributed by atoms with Crippen LogP contribution in [0.1, 0.15) is 127 Å². The molecule has 4 aromatic rings. The predicted molar refractivity (Wildman–Crippen MR) is 338 cm³/mol. The van der Waals surface area contributed by atoms with Gasteiger partial charge < -0.3 is 50.5 Å². The summed E-state index contributed by atoms with van der Waals surface area (Å²) in [5.41, 5.74) is 3.68. The third-order valence-electron chi connectivity index (χ3n) is 18.4. The van der Waals surface area contributed by atoms with Gasteiger partial charge in [0.05, 0.1) is 37.8 Å². The SMILES string of the molecule is CC(C(=O)NC(C(=O)N1Cc2cc(NC(=O)CNC(=O)[C@@]3(C)CN(C(=O)CN4C[C@@H](C)N(C(=O)O)C[C@@H]4CN4CCOC[C@H]4C)c4cc(Cc5ccc(F)cc5)ccc43)ccc2C[C@H]1C(=O)N[C@@H]1CCCc2ccccc21)C(C)(C)C)N(C)C(=O)OC(C)(C)C. The topological polar surface area (TPSA) is 243 Å². The fourth-order valence-electron chi connectivity index (χ4n) is 13.0. The Morgan fingerprint density at radius 2 is 1.58 bits per heavy atom. The van der Waals surface area contributed by atoms with E-state index in [4.69, 9.17) is 9.47 Å². The number of aryl methyl sites for hydroxylation is 1. The molecule has 0 bridgehead atoms. The molecule has 484 valence electrons.